The van der Waals surface area contributed by atoms with Gasteiger partial charge < -0.3 is 10.6 Å². The van der Waals surface area contributed by atoms with E-state index in [1.807, 2.05) is 63.2 Å². The number of amides is 2. The maximum Gasteiger partial charge on any atom is 0.274 e. The fraction of sp³-hybridized carbons (Fsp3) is 0.136. The van der Waals surface area contributed by atoms with E-state index in [0.29, 0.717) is 5.56 Å². The molecule has 0 saturated heterocycles. The number of aromatic nitrogens is 1. The van der Waals surface area contributed by atoms with Crippen LogP contribution in [0.2, 0.25) is 0 Å². The fourth-order valence-corrected chi connectivity index (χ4v) is 2.79. The van der Waals surface area contributed by atoms with Crippen molar-refractivity contribution in [3.8, 4) is 0 Å². The Morgan fingerprint density at radius 2 is 1.44 bits per heavy atom. The Morgan fingerprint density at radius 3 is 2.15 bits per heavy atom. The molecule has 1 heterocycles. The van der Waals surface area contributed by atoms with E-state index in [1.165, 1.54) is 12.3 Å². The number of hydrogen-bond donors (Lipinski definition) is 2. The molecular weight excluding hydrogens is 338 g/mol. The first-order chi connectivity index (χ1) is 13.0. The largest absolute Gasteiger partial charge is 0.322 e. The zero-order chi connectivity index (χ0) is 19.4. The fourth-order valence-electron chi connectivity index (χ4n) is 2.79. The Labute approximate surface area is 158 Å². The summed E-state index contributed by atoms with van der Waals surface area (Å²) >= 11 is 0. The third-order valence-electron chi connectivity index (χ3n) is 4.37. The Kier molecular flexibility index (Phi) is 5.31. The van der Waals surface area contributed by atoms with Crippen LogP contribution < -0.4 is 10.6 Å². The number of hydrogen-bond acceptors (Lipinski definition) is 3. The molecule has 3 aromatic rings. The van der Waals surface area contributed by atoms with E-state index in [1.54, 1.807) is 6.07 Å². The Morgan fingerprint density at radius 1 is 0.778 bits per heavy atom. The molecule has 3 rings (SSSR count). The van der Waals surface area contributed by atoms with Crippen LogP contribution in [0.15, 0.2) is 60.8 Å². The topological polar surface area (TPSA) is 71.1 Å². The Bertz CT molecular complexity index is 992. The van der Waals surface area contributed by atoms with E-state index in [9.17, 15) is 9.59 Å². The predicted molar refractivity (Wildman–Crippen MR) is 107 cm³/mol. The quantitative estimate of drug-likeness (QED) is 0.720. The number of rotatable bonds is 4. The first-order valence-electron chi connectivity index (χ1n) is 8.66. The van der Waals surface area contributed by atoms with Crippen LogP contribution in [0, 0.1) is 20.8 Å². The van der Waals surface area contributed by atoms with Crippen molar-refractivity contribution in [3.63, 3.8) is 0 Å². The van der Waals surface area contributed by atoms with Crippen molar-refractivity contribution < 1.29 is 9.59 Å². The number of nitrogens with zero attached hydrogens (tertiary/aromatic N) is 1. The summed E-state index contributed by atoms with van der Waals surface area (Å²) < 4.78 is 0. The second-order valence-corrected chi connectivity index (χ2v) is 6.42. The number of aryl methyl sites for hydroxylation is 3. The van der Waals surface area contributed by atoms with Gasteiger partial charge in [0.1, 0.15) is 5.69 Å². The lowest BCUT2D eigenvalue weighted by atomic mass is 10.1. The third kappa shape index (κ3) is 4.20. The second-order valence-electron chi connectivity index (χ2n) is 6.42. The van der Waals surface area contributed by atoms with Crippen LogP contribution in [0.4, 0.5) is 11.4 Å². The second kappa shape index (κ2) is 7.83. The standard InChI is InChI=1S/C22H21N3O2/c1-14-7-4-5-10-18(14)24-22(27)19-13-17(11-12-23-19)21(26)25-20-15(2)8-6-9-16(20)3/h4-13H,1-3H3,(H,24,27)(H,25,26). The summed E-state index contributed by atoms with van der Waals surface area (Å²) in [6, 6.07) is 16.4. The molecule has 5 nitrogen and oxygen atoms in total. The highest BCUT2D eigenvalue weighted by molar-refractivity contribution is 6.08. The molecule has 0 fully saturated rings. The molecule has 0 bridgehead atoms. The summed E-state index contributed by atoms with van der Waals surface area (Å²) in [6.07, 6.45) is 1.46. The maximum atomic E-state index is 12.6. The lowest BCUT2D eigenvalue weighted by molar-refractivity contribution is 0.102. The lowest BCUT2D eigenvalue weighted by Crippen LogP contribution is -2.18. The summed E-state index contributed by atoms with van der Waals surface area (Å²) in [5.74, 6) is -0.634. The molecule has 2 amide bonds. The van der Waals surface area contributed by atoms with Gasteiger partial charge in [-0.15, -0.1) is 0 Å². The van der Waals surface area contributed by atoms with Gasteiger partial charge in [-0.2, -0.15) is 0 Å². The van der Waals surface area contributed by atoms with Gasteiger partial charge in [0.15, 0.2) is 0 Å². The summed E-state index contributed by atoms with van der Waals surface area (Å²) in [7, 11) is 0. The molecule has 0 atom stereocenters. The summed E-state index contributed by atoms with van der Waals surface area (Å²) in [5.41, 5.74) is 4.98. The molecule has 0 aliphatic carbocycles. The number of carbonyl (C=O) groups excluding carboxylic acids is 2. The molecule has 1 aromatic heterocycles. The molecule has 0 aliphatic heterocycles. The first kappa shape index (κ1) is 18.3. The number of nitrogens with one attached hydrogen (secondary N) is 2. The molecule has 0 spiro atoms. The summed E-state index contributed by atoms with van der Waals surface area (Å²) in [5, 5.41) is 5.75. The van der Waals surface area contributed by atoms with Crippen LogP contribution in [-0.2, 0) is 0 Å². The van der Waals surface area contributed by atoms with Crippen LogP contribution in [0.5, 0.6) is 0 Å². The van der Waals surface area contributed by atoms with Gasteiger partial charge in [0, 0.05) is 23.1 Å². The normalized spacial score (nSPS) is 10.3. The van der Waals surface area contributed by atoms with Crippen LogP contribution in [0.25, 0.3) is 0 Å². The predicted octanol–water partition coefficient (Wildman–Crippen LogP) is 4.51. The molecule has 27 heavy (non-hydrogen) atoms. The lowest BCUT2D eigenvalue weighted by Gasteiger charge is -2.12. The number of benzene rings is 2. The van der Waals surface area contributed by atoms with Crippen molar-refractivity contribution >= 4 is 23.2 Å². The average molecular weight is 359 g/mol. The summed E-state index contributed by atoms with van der Waals surface area (Å²) in [6.45, 7) is 5.80. The van der Waals surface area contributed by atoms with Crippen molar-refractivity contribution in [2.24, 2.45) is 0 Å². The zero-order valence-corrected chi connectivity index (χ0v) is 15.5. The van der Waals surface area contributed by atoms with Crippen LogP contribution >= 0.6 is 0 Å². The van der Waals surface area contributed by atoms with Crippen molar-refractivity contribution in [3.05, 3.63) is 88.7 Å². The number of para-hydroxylation sites is 2. The third-order valence-corrected chi connectivity index (χ3v) is 4.37. The van der Waals surface area contributed by atoms with Crippen molar-refractivity contribution in [2.45, 2.75) is 20.8 Å². The molecule has 2 N–H and O–H groups in total. The number of pyridine rings is 1. The molecule has 0 saturated carbocycles. The van der Waals surface area contributed by atoms with E-state index >= 15 is 0 Å². The van der Waals surface area contributed by atoms with Gasteiger partial charge in [-0.3, -0.25) is 14.6 Å². The van der Waals surface area contributed by atoms with Gasteiger partial charge in [-0.05, 0) is 55.7 Å². The smallest absolute Gasteiger partial charge is 0.274 e. The van der Waals surface area contributed by atoms with Gasteiger partial charge >= 0.3 is 0 Å². The van der Waals surface area contributed by atoms with Crippen molar-refractivity contribution in [1.29, 1.82) is 0 Å². The van der Waals surface area contributed by atoms with E-state index in [0.717, 1.165) is 28.1 Å². The highest BCUT2D eigenvalue weighted by Crippen LogP contribution is 2.20. The van der Waals surface area contributed by atoms with Crippen LogP contribution in [0.1, 0.15) is 37.5 Å². The van der Waals surface area contributed by atoms with E-state index in [-0.39, 0.29) is 17.5 Å². The van der Waals surface area contributed by atoms with Gasteiger partial charge in [0.2, 0.25) is 0 Å². The minimum Gasteiger partial charge on any atom is -0.322 e. The highest BCUT2D eigenvalue weighted by atomic mass is 16.2. The monoisotopic (exact) mass is 359 g/mol. The van der Waals surface area contributed by atoms with Gasteiger partial charge in [-0.1, -0.05) is 36.4 Å². The molecule has 0 radical (unpaired) electrons. The Hall–Kier alpha value is -3.47. The van der Waals surface area contributed by atoms with Crippen LogP contribution in [-0.4, -0.2) is 16.8 Å². The number of anilines is 2. The van der Waals surface area contributed by atoms with E-state index in [4.69, 9.17) is 0 Å². The highest BCUT2D eigenvalue weighted by Gasteiger charge is 2.14. The molecule has 2 aromatic carbocycles. The number of carbonyl (C=O) groups is 2. The van der Waals surface area contributed by atoms with Gasteiger partial charge in [0.25, 0.3) is 11.8 Å². The van der Waals surface area contributed by atoms with Crippen LogP contribution in [0.3, 0.4) is 0 Å². The van der Waals surface area contributed by atoms with Gasteiger partial charge in [-0.25, -0.2) is 0 Å². The van der Waals surface area contributed by atoms with Crippen molar-refractivity contribution in [1.82, 2.24) is 4.98 Å². The molecule has 5 heteroatoms. The van der Waals surface area contributed by atoms with Gasteiger partial charge in [0.05, 0.1) is 0 Å². The molecular formula is C22H21N3O2. The van der Waals surface area contributed by atoms with Crippen molar-refractivity contribution in [2.75, 3.05) is 10.6 Å². The molecule has 0 unspecified atom stereocenters. The zero-order valence-electron chi connectivity index (χ0n) is 15.5. The van der Waals surface area contributed by atoms with E-state index in [2.05, 4.69) is 15.6 Å². The molecule has 0 aliphatic rings. The minimum absolute atomic E-state index is 0.187. The average Bonchev–Trinajstić information content (AvgIpc) is 2.66. The SMILES string of the molecule is Cc1ccccc1NC(=O)c1cc(C(=O)Nc2c(C)cccc2C)ccn1. The maximum absolute atomic E-state index is 12.6. The Balaban J connectivity index is 1.80. The first-order valence-corrected chi connectivity index (χ1v) is 8.66. The minimum atomic E-state index is -0.356. The molecule has 136 valence electrons. The van der Waals surface area contributed by atoms with E-state index < -0.39 is 0 Å². The summed E-state index contributed by atoms with van der Waals surface area (Å²) in [4.78, 5) is 29.2.